The SMILES string of the molecule is CCCN(CC1CC1)c1cc(C(=O)Nc2ccc([SH](C)(=O)NCC(=O)O)cc2C)ncn1. The Balaban J connectivity index is 1.73. The van der Waals surface area contributed by atoms with E-state index in [1.54, 1.807) is 31.2 Å². The molecule has 1 aliphatic carbocycles. The highest BCUT2D eigenvalue weighted by atomic mass is 32.3. The second-order valence-corrected chi connectivity index (χ2v) is 10.9. The summed E-state index contributed by atoms with van der Waals surface area (Å²) < 4.78 is 15.4. The van der Waals surface area contributed by atoms with E-state index in [2.05, 4.69) is 31.8 Å². The van der Waals surface area contributed by atoms with Gasteiger partial charge in [-0.05, 0) is 66.0 Å². The number of anilines is 2. The molecule has 1 heterocycles. The summed E-state index contributed by atoms with van der Waals surface area (Å²) in [5.41, 5.74) is 1.56. The maximum atomic E-state index is 12.8. The van der Waals surface area contributed by atoms with Crippen molar-refractivity contribution < 1.29 is 18.9 Å². The van der Waals surface area contributed by atoms with Gasteiger partial charge >= 0.3 is 5.97 Å². The van der Waals surface area contributed by atoms with Crippen molar-refractivity contribution in [1.29, 1.82) is 0 Å². The van der Waals surface area contributed by atoms with Crippen LogP contribution in [0, 0.1) is 12.8 Å². The molecule has 0 spiro atoms. The third-order valence-electron chi connectivity index (χ3n) is 5.36. The largest absolute Gasteiger partial charge is 0.480 e. The van der Waals surface area contributed by atoms with Crippen LogP contribution in [0.25, 0.3) is 0 Å². The van der Waals surface area contributed by atoms with Gasteiger partial charge in [-0.25, -0.2) is 14.7 Å². The number of hydrogen-bond acceptors (Lipinski definition) is 6. The number of carboxylic acid groups (broad SMARTS) is 1. The Morgan fingerprint density at radius 3 is 2.62 bits per heavy atom. The zero-order valence-electron chi connectivity index (χ0n) is 18.7. The lowest BCUT2D eigenvalue weighted by molar-refractivity contribution is -0.135. The minimum Gasteiger partial charge on any atom is -0.480 e. The van der Waals surface area contributed by atoms with Gasteiger partial charge in [-0.2, -0.15) is 0 Å². The number of benzene rings is 1. The fraction of sp³-hybridized carbons (Fsp3) is 0.455. The van der Waals surface area contributed by atoms with Crippen LogP contribution in [0.1, 0.15) is 42.2 Å². The molecule has 3 rings (SSSR count). The predicted octanol–water partition coefficient (Wildman–Crippen LogP) is 2.26. The molecule has 1 aromatic heterocycles. The number of aliphatic carboxylic acids is 1. The lowest BCUT2D eigenvalue weighted by atomic mass is 10.2. The van der Waals surface area contributed by atoms with E-state index in [9.17, 15) is 13.8 Å². The first-order chi connectivity index (χ1) is 15.2. The molecule has 32 heavy (non-hydrogen) atoms. The number of nitrogens with zero attached hydrogens (tertiary/aromatic N) is 3. The van der Waals surface area contributed by atoms with Gasteiger partial charge in [0.15, 0.2) is 0 Å². The Morgan fingerprint density at radius 2 is 2.00 bits per heavy atom. The van der Waals surface area contributed by atoms with E-state index in [0.717, 1.165) is 25.3 Å². The Kier molecular flexibility index (Phi) is 7.57. The Hall–Kier alpha value is -2.85. The highest BCUT2D eigenvalue weighted by Crippen LogP contribution is 2.31. The first-order valence-electron chi connectivity index (χ1n) is 10.7. The summed E-state index contributed by atoms with van der Waals surface area (Å²) in [4.78, 5) is 34.8. The van der Waals surface area contributed by atoms with Gasteiger partial charge in [-0.1, -0.05) is 6.92 Å². The van der Waals surface area contributed by atoms with Crippen LogP contribution in [-0.4, -0.2) is 57.0 Å². The summed E-state index contributed by atoms with van der Waals surface area (Å²) in [7, 11) is -3.04. The molecule has 3 N–H and O–H groups in total. The maximum Gasteiger partial charge on any atom is 0.318 e. The van der Waals surface area contributed by atoms with Gasteiger partial charge in [-0.3, -0.25) is 13.8 Å². The maximum absolute atomic E-state index is 12.8. The zero-order chi connectivity index (χ0) is 23.3. The predicted molar refractivity (Wildman–Crippen MR) is 126 cm³/mol. The Labute approximate surface area is 189 Å². The average Bonchev–Trinajstić information content (AvgIpc) is 3.57. The summed E-state index contributed by atoms with van der Waals surface area (Å²) >= 11 is 0. The fourth-order valence-corrected chi connectivity index (χ4v) is 4.79. The number of rotatable bonds is 11. The number of thiol groups is 1. The number of nitrogens with one attached hydrogen (secondary N) is 2. The van der Waals surface area contributed by atoms with Crippen molar-refractivity contribution >= 4 is 33.5 Å². The molecule has 0 atom stereocenters. The number of carbonyl (C=O) groups is 2. The molecule has 1 aliphatic rings. The molecule has 1 saturated carbocycles. The summed E-state index contributed by atoms with van der Waals surface area (Å²) in [5, 5.41) is 11.7. The van der Waals surface area contributed by atoms with Crippen LogP contribution in [-0.2, 0) is 14.9 Å². The summed E-state index contributed by atoms with van der Waals surface area (Å²) in [6, 6.07) is 6.70. The molecule has 10 heteroatoms. The molecule has 1 aromatic carbocycles. The Morgan fingerprint density at radius 1 is 1.25 bits per heavy atom. The van der Waals surface area contributed by atoms with Crippen LogP contribution < -0.4 is 14.9 Å². The van der Waals surface area contributed by atoms with Gasteiger partial charge in [0.05, 0.1) is 0 Å². The molecule has 1 amide bonds. The second-order valence-electron chi connectivity index (χ2n) is 8.26. The molecular formula is C22H31N5O4S. The summed E-state index contributed by atoms with van der Waals surface area (Å²) in [6.07, 6.45) is 6.37. The number of carbonyl (C=O) groups excluding carboxylic acids is 1. The van der Waals surface area contributed by atoms with Crippen molar-refractivity contribution in [2.24, 2.45) is 5.92 Å². The molecule has 0 aliphatic heterocycles. The minimum atomic E-state index is -3.04. The standard InChI is InChI=1S/C22H31N5O4S/c1-4-9-27(13-16-5-6-16)20-11-19(23-14-24-20)22(30)26-18-8-7-17(10-15(18)2)32(3,31)25-12-21(28)29/h7-8,10-11,14,16,32H,4-6,9,12-13H2,1-3H3,(H,25,31)(H,26,30)(H,28,29). The molecular weight excluding hydrogens is 430 g/mol. The Bertz CT molecular complexity index is 1040. The number of aromatic nitrogens is 2. The molecule has 0 saturated heterocycles. The van der Waals surface area contributed by atoms with Crippen molar-refractivity contribution in [3.05, 3.63) is 41.9 Å². The first kappa shape index (κ1) is 23.8. The molecule has 9 nitrogen and oxygen atoms in total. The molecule has 174 valence electrons. The van der Waals surface area contributed by atoms with Crippen LogP contribution in [0.15, 0.2) is 35.5 Å². The third kappa shape index (κ3) is 6.33. The molecule has 0 radical (unpaired) electrons. The quantitative estimate of drug-likeness (QED) is 0.378. The zero-order valence-corrected chi connectivity index (χ0v) is 19.6. The van der Waals surface area contributed by atoms with Crippen LogP contribution in [0.3, 0.4) is 0 Å². The van der Waals surface area contributed by atoms with Crippen molar-refractivity contribution in [1.82, 2.24) is 14.7 Å². The molecule has 0 unspecified atom stereocenters. The van der Waals surface area contributed by atoms with Gasteiger partial charge < -0.3 is 15.3 Å². The molecule has 2 aromatic rings. The summed E-state index contributed by atoms with van der Waals surface area (Å²) in [5.74, 6) is 0.0273. The van der Waals surface area contributed by atoms with Gasteiger partial charge in [0.25, 0.3) is 5.91 Å². The van der Waals surface area contributed by atoms with Crippen LogP contribution in [0.4, 0.5) is 11.5 Å². The van der Waals surface area contributed by atoms with E-state index in [1.165, 1.54) is 25.4 Å². The van der Waals surface area contributed by atoms with E-state index in [0.29, 0.717) is 22.1 Å². The van der Waals surface area contributed by atoms with Gasteiger partial charge in [0, 0.05) is 36.0 Å². The number of carboxylic acids is 1. The number of amides is 1. The van der Waals surface area contributed by atoms with Crippen molar-refractivity contribution in [3.8, 4) is 0 Å². The lowest BCUT2D eigenvalue weighted by Gasteiger charge is -2.23. The third-order valence-corrected chi connectivity index (χ3v) is 7.39. The van der Waals surface area contributed by atoms with E-state index < -0.39 is 22.6 Å². The monoisotopic (exact) mass is 461 g/mol. The second kappa shape index (κ2) is 10.2. The fourth-order valence-electron chi connectivity index (χ4n) is 3.38. The van der Waals surface area contributed by atoms with Crippen molar-refractivity contribution in [2.75, 3.05) is 36.1 Å². The minimum absolute atomic E-state index is 0.277. The van der Waals surface area contributed by atoms with Crippen molar-refractivity contribution in [3.63, 3.8) is 0 Å². The first-order valence-corrected chi connectivity index (χ1v) is 12.9. The van der Waals surface area contributed by atoms with E-state index in [4.69, 9.17) is 5.11 Å². The smallest absolute Gasteiger partial charge is 0.318 e. The van der Waals surface area contributed by atoms with Crippen LogP contribution in [0.5, 0.6) is 0 Å². The average molecular weight is 462 g/mol. The van der Waals surface area contributed by atoms with E-state index in [-0.39, 0.29) is 11.6 Å². The normalized spacial score (nSPS) is 14.1. The highest BCUT2D eigenvalue weighted by molar-refractivity contribution is 8.00. The lowest BCUT2D eigenvalue weighted by Crippen LogP contribution is -2.34. The highest BCUT2D eigenvalue weighted by Gasteiger charge is 2.25. The van der Waals surface area contributed by atoms with Crippen molar-refractivity contribution in [2.45, 2.75) is 38.0 Å². The molecule has 1 fully saturated rings. The number of hydrogen-bond donors (Lipinski definition) is 4. The van der Waals surface area contributed by atoms with Gasteiger partial charge in [0.1, 0.15) is 24.4 Å². The van der Waals surface area contributed by atoms with Crippen LogP contribution >= 0.6 is 0 Å². The van der Waals surface area contributed by atoms with E-state index in [1.807, 2.05) is 0 Å². The molecule has 0 bridgehead atoms. The van der Waals surface area contributed by atoms with E-state index >= 15 is 0 Å². The number of aryl methyl sites for hydroxylation is 1. The summed E-state index contributed by atoms with van der Waals surface area (Å²) in [6.45, 7) is 5.34. The topological polar surface area (TPSA) is 125 Å². The van der Waals surface area contributed by atoms with Gasteiger partial charge in [0.2, 0.25) is 0 Å². The van der Waals surface area contributed by atoms with Crippen LogP contribution in [0.2, 0.25) is 0 Å². The van der Waals surface area contributed by atoms with Gasteiger partial charge in [-0.15, -0.1) is 0 Å².